The van der Waals surface area contributed by atoms with Gasteiger partial charge in [-0.25, -0.2) is 0 Å². The first-order chi connectivity index (χ1) is 31.2. The summed E-state index contributed by atoms with van der Waals surface area (Å²) in [5, 5.41) is 39.3. The molecule has 5 nitrogen and oxygen atoms in total. The summed E-state index contributed by atoms with van der Waals surface area (Å²) in [6.45, 7) is 0. The topological polar surface area (TPSA) is 89.4 Å². The van der Waals surface area contributed by atoms with Crippen LogP contribution in [0.2, 0.25) is 0 Å². The Labute approximate surface area is 365 Å². The third-order valence-electron chi connectivity index (χ3n) is 12.3. The number of hydrogen-bond donors (Lipinski definition) is 0. The van der Waals surface area contributed by atoms with Crippen LogP contribution in [-0.4, -0.2) is 4.57 Å². The molecule has 0 aliphatic carbocycles. The van der Waals surface area contributed by atoms with E-state index in [0.29, 0.717) is 27.6 Å². The Kier molecular flexibility index (Phi) is 8.14. The van der Waals surface area contributed by atoms with Crippen molar-refractivity contribution in [2.75, 3.05) is 0 Å². The molecule has 0 radical (unpaired) electrons. The van der Waals surface area contributed by atoms with Gasteiger partial charge in [0, 0.05) is 53.0 Å². The first kappa shape index (κ1) is 36.1. The average molecular weight is 819 g/mol. The number of fused-ring (bicyclic) bond motifs is 10. The number of aromatic nitrogens is 1. The predicted octanol–water partition coefficient (Wildman–Crippen LogP) is 15.3. The van der Waals surface area contributed by atoms with Gasteiger partial charge in [-0.3, -0.25) is 0 Å². The Morgan fingerprint density at radius 2 is 0.889 bits per heavy atom. The molecule has 3 aromatic heterocycles. The highest BCUT2D eigenvalue weighted by molar-refractivity contribution is 7.26. The highest BCUT2D eigenvalue weighted by Gasteiger charge is 2.34. The molecule has 12 aromatic rings. The van der Waals surface area contributed by atoms with E-state index in [4.69, 9.17) is 4.42 Å². The van der Waals surface area contributed by atoms with Crippen LogP contribution in [0.5, 0.6) is 0 Å². The van der Waals surface area contributed by atoms with Crippen molar-refractivity contribution >= 4 is 75.3 Å². The van der Waals surface area contributed by atoms with Crippen molar-refractivity contribution < 1.29 is 4.42 Å². The minimum absolute atomic E-state index is 0.00717. The number of thiophene rings is 1. The van der Waals surface area contributed by atoms with Gasteiger partial charge in [0.25, 0.3) is 0 Å². The number of rotatable bonds is 5. The van der Waals surface area contributed by atoms with Crippen molar-refractivity contribution in [3.05, 3.63) is 199 Å². The second kappa shape index (κ2) is 14.2. The molecule has 0 saturated heterocycles. The predicted molar refractivity (Wildman–Crippen MR) is 257 cm³/mol. The summed E-state index contributed by atoms with van der Waals surface area (Å²) in [6, 6.07) is 69.2. The van der Waals surface area contributed by atoms with Crippen LogP contribution < -0.4 is 0 Å². The fraction of sp³-hybridized carbons (Fsp3) is 0. The lowest BCUT2D eigenvalue weighted by Crippen LogP contribution is -2.03. The Morgan fingerprint density at radius 3 is 1.49 bits per heavy atom. The van der Waals surface area contributed by atoms with Gasteiger partial charge in [0.15, 0.2) is 5.58 Å². The molecule has 0 aliphatic rings. The van der Waals surface area contributed by atoms with E-state index >= 15 is 0 Å². The fourth-order valence-corrected chi connectivity index (χ4v) is 11.1. The maximum Gasteiger partial charge on any atom is 0.162 e. The van der Waals surface area contributed by atoms with Crippen molar-refractivity contribution in [2.24, 2.45) is 0 Å². The van der Waals surface area contributed by atoms with Gasteiger partial charge in [-0.1, -0.05) is 164 Å². The maximum atomic E-state index is 11.3. The number of hydrogen-bond acceptors (Lipinski definition) is 5. The summed E-state index contributed by atoms with van der Waals surface area (Å²) in [6.07, 6.45) is 0. The monoisotopic (exact) mass is 818 g/mol. The largest absolute Gasteiger partial charge is 0.453 e. The molecule has 0 atom stereocenters. The van der Waals surface area contributed by atoms with E-state index in [1.54, 1.807) is 11.3 Å². The van der Waals surface area contributed by atoms with Gasteiger partial charge < -0.3 is 8.98 Å². The van der Waals surface area contributed by atoms with Gasteiger partial charge in [-0.2, -0.15) is 15.8 Å². The zero-order valence-electron chi connectivity index (χ0n) is 33.4. The molecule has 6 heteroatoms. The van der Waals surface area contributed by atoms with E-state index in [-0.39, 0.29) is 16.7 Å². The quantitative estimate of drug-likeness (QED) is 0.173. The summed E-state index contributed by atoms with van der Waals surface area (Å²) in [5.74, 6) is 0. The average Bonchev–Trinajstić information content (AvgIpc) is 4.03. The van der Waals surface area contributed by atoms with E-state index < -0.39 is 0 Å². The lowest BCUT2D eigenvalue weighted by atomic mass is 9.80. The molecule has 0 unspecified atom stereocenters. The van der Waals surface area contributed by atoms with Crippen LogP contribution in [0.25, 0.3) is 114 Å². The minimum Gasteiger partial charge on any atom is -0.453 e. The van der Waals surface area contributed by atoms with Crippen molar-refractivity contribution in [1.29, 1.82) is 15.8 Å². The second-order valence-corrected chi connectivity index (χ2v) is 16.6. The molecule has 0 N–H and O–H groups in total. The van der Waals surface area contributed by atoms with Crippen molar-refractivity contribution in [2.45, 2.75) is 0 Å². The second-order valence-electron chi connectivity index (χ2n) is 15.6. The SMILES string of the molecule is N#Cc1c(C#N)c(C#N)c2c(oc3c(-c4ccccc4)c(-c4ccccc4)c(-c4ccccc4)c(-c4ccccc4)c32)c1-n1c2ccccc2c2c3sc4ccccc4c3ccc21. The normalized spacial score (nSPS) is 11.4. The van der Waals surface area contributed by atoms with Crippen LogP contribution >= 0.6 is 11.3 Å². The van der Waals surface area contributed by atoms with E-state index in [0.717, 1.165) is 76.4 Å². The van der Waals surface area contributed by atoms with E-state index in [1.165, 1.54) is 10.1 Å². The van der Waals surface area contributed by atoms with Crippen molar-refractivity contribution in [3.63, 3.8) is 0 Å². The van der Waals surface area contributed by atoms with Crippen LogP contribution in [0.4, 0.5) is 0 Å². The first-order valence-corrected chi connectivity index (χ1v) is 21.4. The van der Waals surface area contributed by atoms with E-state index in [2.05, 4.69) is 120 Å². The molecule has 0 bridgehead atoms. The number of para-hydroxylation sites is 1. The van der Waals surface area contributed by atoms with E-state index in [9.17, 15) is 15.8 Å². The zero-order chi connectivity index (χ0) is 42.2. The van der Waals surface area contributed by atoms with Crippen LogP contribution in [0.15, 0.2) is 186 Å². The molecule has 9 aromatic carbocycles. The Bertz CT molecular complexity index is 3970. The molecular weight excluding hydrogens is 789 g/mol. The number of nitrogens with zero attached hydrogens (tertiary/aromatic N) is 4. The third-order valence-corrected chi connectivity index (χ3v) is 13.5. The van der Waals surface area contributed by atoms with E-state index in [1.807, 2.05) is 84.9 Å². The Balaban J connectivity index is 1.38. The summed E-state index contributed by atoms with van der Waals surface area (Å²) in [5.41, 5.74) is 10.7. The molecule has 0 spiro atoms. The third kappa shape index (κ3) is 5.19. The van der Waals surface area contributed by atoms with Crippen molar-refractivity contribution in [3.8, 4) is 68.4 Å². The lowest BCUT2D eigenvalue weighted by molar-refractivity contribution is 0.667. The highest BCUT2D eigenvalue weighted by atomic mass is 32.1. The molecule has 0 saturated carbocycles. The number of nitriles is 3. The lowest BCUT2D eigenvalue weighted by Gasteiger charge is -2.22. The maximum absolute atomic E-state index is 11.3. The molecule has 0 fully saturated rings. The summed E-state index contributed by atoms with van der Waals surface area (Å²) in [4.78, 5) is 0. The molecule has 0 amide bonds. The summed E-state index contributed by atoms with van der Waals surface area (Å²) in [7, 11) is 0. The van der Waals surface area contributed by atoms with Crippen LogP contribution in [0.1, 0.15) is 16.7 Å². The van der Waals surface area contributed by atoms with Gasteiger partial charge in [0.2, 0.25) is 0 Å². The standard InChI is InChI=1S/C57H30N4OS/c58-31-41-42(32-59)52-53-49(36-21-9-3-10-22-36)47(34-17-5-1-6-18-34)48(35-19-7-2-8-20-35)50(37-23-11-4-12-24-37)55(53)62-56(52)54(43(41)33-60)61-44-27-15-13-26-40(44)51-45(61)30-29-39-38-25-14-16-28-46(38)63-57(39)51/h1-30H. The molecule has 12 rings (SSSR count). The fourth-order valence-electron chi connectivity index (χ4n) is 9.80. The highest BCUT2D eigenvalue weighted by Crippen LogP contribution is 2.55. The Morgan fingerprint density at radius 1 is 0.381 bits per heavy atom. The molecule has 3 heterocycles. The molecule has 290 valence electrons. The summed E-state index contributed by atoms with van der Waals surface area (Å²) < 4.78 is 11.9. The zero-order valence-corrected chi connectivity index (χ0v) is 34.2. The minimum atomic E-state index is 0.00717. The van der Waals surface area contributed by atoms with Gasteiger partial charge in [0.1, 0.15) is 29.5 Å². The number of benzene rings is 9. The number of furan rings is 1. The van der Waals surface area contributed by atoms with Gasteiger partial charge in [-0.15, -0.1) is 11.3 Å². The summed E-state index contributed by atoms with van der Waals surface area (Å²) >= 11 is 1.75. The first-order valence-electron chi connectivity index (χ1n) is 20.6. The molecule has 0 aliphatic heterocycles. The van der Waals surface area contributed by atoms with Crippen LogP contribution in [0, 0.1) is 34.0 Å². The van der Waals surface area contributed by atoms with Gasteiger partial charge in [0.05, 0.1) is 33.1 Å². The van der Waals surface area contributed by atoms with Crippen LogP contribution in [-0.2, 0) is 0 Å². The van der Waals surface area contributed by atoms with Crippen molar-refractivity contribution in [1.82, 2.24) is 4.57 Å². The molecular formula is C57H30N4OS. The van der Waals surface area contributed by atoms with Crippen LogP contribution in [0.3, 0.4) is 0 Å². The Hall–Kier alpha value is -8.73. The molecule has 63 heavy (non-hydrogen) atoms. The van der Waals surface area contributed by atoms with Gasteiger partial charge in [-0.05, 0) is 46.0 Å². The van der Waals surface area contributed by atoms with Gasteiger partial charge >= 0.3 is 0 Å². The smallest absolute Gasteiger partial charge is 0.162 e.